The molecule has 0 aliphatic heterocycles. The fourth-order valence-corrected chi connectivity index (χ4v) is 2.51. The number of rotatable bonds is 4. The van der Waals surface area contributed by atoms with Gasteiger partial charge >= 0.3 is 5.69 Å². The van der Waals surface area contributed by atoms with Gasteiger partial charge in [0.15, 0.2) is 0 Å². The van der Waals surface area contributed by atoms with Gasteiger partial charge < -0.3 is 5.32 Å². The quantitative estimate of drug-likeness (QED) is 0.679. The van der Waals surface area contributed by atoms with Gasteiger partial charge in [-0.25, -0.2) is 4.98 Å². The van der Waals surface area contributed by atoms with Crippen molar-refractivity contribution in [1.82, 2.24) is 4.98 Å². The van der Waals surface area contributed by atoms with Crippen LogP contribution in [-0.2, 0) is 6.54 Å². The van der Waals surface area contributed by atoms with E-state index in [1.807, 2.05) is 12.3 Å². The summed E-state index contributed by atoms with van der Waals surface area (Å²) in [5.41, 5.74) is 2.98. The summed E-state index contributed by atoms with van der Waals surface area (Å²) in [6.07, 6.45) is 1.57. The monoisotopic (exact) mass is 263 g/mol. The topological polar surface area (TPSA) is 68.1 Å². The zero-order valence-corrected chi connectivity index (χ0v) is 11.0. The van der Waals surface area contributed by atoms with Crippen LogP contribution in [0.25, 0.3) is 0 Å². The van der Waals surface area contributed by atoms with Crippen LogP contribution in [0, 0.1) is 24.0 Å². The van der Waals surface area contributed by atoms with Crippen LogP contribution in [0.2, 0.25) is 0 Å². The molecule has 18 heavy (non-hydrogen) atoms. The third-order valence-electron chi connectivity index (χ3n) is 2.72. The summed E-state index contributed by atoms with van der Waals surface area (Å²) in [5.74, 6) is 0.325. The molecular weight excluding hydrogens is 250 g/mol. The van der Waals surface area contributed by atoms with Crippen molar-refractivity contribution >= 4 is 22.8 Å². The number of anilines is 1. The van der Waals surface area contributed by atoms with Gasteiger partial charge in [-0.05, 0) is 41.8 Å². The SMILES string of the molecule is Cc1cscc1CNc1nccc(C)c1[N+](=O)[O-]. The highest BCUT2D eigenvalue weighted by Crippen LogP contribution is 2.26. The van der Waals surface area contributed by atoms with Crippen molar-refractivity contribution in [2.75, 3.05) is 5.32 Å². The number of hydrogen-bond acceptors (Lipinski definition) is 5. The highest BCUT2D eigenvalue weighted by molar-refractivity contribution is 7.08. The fourth-order valence-electron chi connectivity index (χ4n) is 1.66. The Morgan fingerprint density at radius 1 is 1.39 bits per heavy atom. The zero-order chi connectivity index (χ0) is 13.1. The van der Waals surface area contributed by atoms with Gasteiger partial charge in [-0.15, -0.1) is 0 Å². The van der Waals surface area contributed by atoms with E-state index in [1.54, 1.807) is 30.5 Å². The van der Waals surface area contributed by atoms with Crippen molar-refractivity contribution in [2.45, 2.75) is 20.4 Å². The van der Waals surface area contributed by atoms with Crippen LogP contribution in [0.1, 0.15) is 16.7 Å². The maximum atomic E-state index is 11.0. The van der Waals surface area contributed by atoms with E-state index in [0.717, 1.165) is 5.56 Å². The lowest BCUT2D eigenvalue weighted by Crippen LogP contribution is -2.05. The Morgan fingerprint density at radius 2 is 2.17 bits per heavy atom. The second kappa shape index (κ2) is 5.14. The number of nitro groups is 1. The molecule has 94 valence electrons. The van der Waals surface area contributed by atoms with Crippen LogP contribution in [0.15, 0.2) is 23.0 Å². The summed E-state index contributed by atoms with van der Waals surface area (Å²) < 4.78 is 0. The summed E-state index contributed by atoms with van der Waals surface area (Å²) in [6, 6.07) is 1.64. The first-order valence-electron chi connectivity index (χ1n) is 5.45. The Kier molecular flexibility index (Phi) is 3.57. The molecule has 2 rings (SSSR count). The first kappa shape index (κ1) is 12.5. The van der Waals surface area contributed by atoms with E-state index >= 15 is 0 Å². The molecule has 6 heteroatoms. The van der Waals surface area contributed by atoms with Crippen molar-refractivity contribution in [3.05, 3.63) is 49.8 Å². The minimum absolute atomic E-state index is 0.0467. The smallest absolute Gasteiger partial charge is 0.314 e. The van der Waals surface area contributed by atoms with Crippen molar-refractivity contribution in [3.8, 4) is 0 Å². The van der Waals surface area contributed by atoms with Crippen LogP contribution in [0.4, 0.5) is 11.5 Å². The zero-order valence-electron chi connectivity index (χ0n) is 10.1. The van der Waals surface area contributed by atoms with E-state index in [1.165, 1.54) is 5.56 Å². The summed E-state index contributed by atoms with van der Waals surface area (Å²) >= 11 is 1.62. The molecule has 0 saturated carbocycles. The number of pyridine rings is 1. The first-order chi connectivity index (χ1) is 8.59. The van der Waals surface area contributed by atoms with Gasteiger partial charge in [0.05, 0.1) is 4.92 Å². The molecule has 0 radical (unpaired) electrons. The standard InChI is InChI=1S/C12H13N3O2S/c1-8-3-4-13-12(11(8)15(16)17)14-5-10-7-18-6-9(10)2/h3-4,6-7H,5H2,1-2H3,(H,13,14). The fraction of sp³-hybridized carbons (Fsp3) is 0.250. The van der Waals surface area contributed by atoms with Gasteiger partial charge in [-0.1, -0.05) is 0 Å². The minimum atomic E-state index is -0.398. The Bertz CT molecular complexity index is 580. The predicted molar refractivity (Wildman–Crippen MR) is 72.0 cm³/mol. The van der Waals surface area contributed by atoms with E-state index in [9.17, 15) is 10.1 Å². The van der Waals surface area contributed by atoms with E-state index < -0.39 is 4.92 Å². The Labute approximate surface area is 109 Å². The molecule has 0 aliphatic rings. The first-order valence-corrected chi connectivity index (χ1v) is 6.39. The number of aromatic nitrogens is 1. The summed E-state index contributed by atoms with van der Waals surface area (Å²) in [4.78, 5) is 14.6. The van der Waals surface area contributed by atoms with Crippen LogP contribution < -0.4 is 5.32 Å². The average Bonchev–Trinajstić information content (AvgIpc) is 2.71. The predicted octanol–water partition coefficient (Wildman–Crippen LogP) is 3.28. The Hall–Kier alpha value is -1.95. The highest BCUT2D eigenvalue weighted by Gasteiger charge is 2.18. The number of aryl methyl sites for hydroxylation is 2. The molecule has 1 N–H and O–H groups in total. The molecule has 2 aromatic rings. The van der Waals surface area contributed by atoms with Crippen LogP contribution in [-0.4, -0.2) is 9.91 Å². The van der Waals surface area contributed by atoms with Gasteiger partial charge in [0.25, 0.3) is 0 Å². The lowest BCUT2D eigenvalue weighted by atomic mass is 10.2. The van der Waals surface area contributed by atoms with Gasteiger partial charge in [0.2, 0.25) is 5.82 Å². The molecule has 0 aliphatic carbocycles. The molecule has 0 unspecified atom stereocenters. The number of nitrogens with zero attached hydrogens (tertiary/aromatic N) is 2. The van der Waals surface area contributed by atoms with Gasteiger partial charge in [0, 0.05) is 18.3 Å². The summed E-state index contributed by atoms with van der Waals surface area (Å²) in [7, 11) is 0. The molecule has 2 aromatic heterocycles. The molecule has 0 amide bonds. The third-order valence-corrected chi connectivity index (χ3v) is 3.63. The van der Waals surface area contributed by atoms with Crippen LogP contribution in [0.5, 0.6) is 0 Å². The van der Waals surface area contributed by atoms with Crippen molar-refractivity contribution in [1.29, 1.82) is 0 Å². The van der Waals surface area contributed by atoms with E-state index in [4.69, 9.17) is 0 Å². The second-order valence-corrected chi connectivity index (χ2v) is 4.76. The molecular formula is C12H13N3O2S. The summed E-state index contributed by atoms with van der Waals surface area (Å²) in [5, 5.41) is 18.1. The maximum Gasteiger partial charge on any atom is 0.314 e. The number of thiophene rings is 1. The average molecular weight is 263 g/mol. The van der Waals surface area contributed by atoms with Crippen LogP contribution in [0.3, 0.4) is 0 Å². The van der Waals surface area contributed by atoms with Crippen molar-refractivity contribution in [2.24, 2.45) is 0 Å². The van der Waals surface area contributed by atoms with Crippen molar-refractivity contribution < 1.29 is 4.92 Å². The van der Waals surface area contributed by atoms with E-state index in [-0.39, 0.29) is 5.69 Å². The summed E-state index contributed by atoms with van der Waals surface area (Å²) in [6.45, 7) is 4.28. The Morgan fingerprint density at radius 3 is 2.78 bits per heavy atom. The lowest BCUT2D eigenvalue weighted by molar-refractivity contribution is -0.384. The second-order valence-electron chi connectivity index (χ2n) is 4.02. The molecule has 5 nitrogen and oxygen atoms in total. The van der Waals surface area contributed by atoms with Gasteiger partial charge in [-0.3, -0.25) is 10.1 Å². The lowest BCUT2D eigenvalue weighted by Gasteiger charge is -2.07. The molecule has 0 atom stereocenters. The molecule has 2 heterocycles. The minimum Gasteiger partial charge on any atom is -0.360 e. The van der Waals surface area contributed by atoms with Crippen molar-refractivity contribution in [3.63, 3.8) is 0 Å². The van der Waals surface area contributed by atoms with Crippen LogP contribution >= 0.6 is 11.3 Å². The molecule has 0 saturated heterocycles. The van der Waals surface area contributed by atoms with Gasteiger partial charge in [-0.2, -0.15) is 11.3 Å². The maximum absolute atomic E-state index is 11.0. The largest absolute Gasteiger partial charge is 0.360 e. The Balaban J connectivity index is 2.22. The van der Waals surface area contributed by atoms with E-state index in [2.05, 4.69) is 15.7 Å². The molecule has 0 fully saturated rings. The highest BCUT2D eigenvalue weighted by atomic mass is 32.1. The normalized spacial score (nSPS) is 10.3. The number of hydrogen-bond donors (Lipinski definition) is 1. The molecule has 0 spiro atoms. The molecule has 0 bridgehead atoms. The third kappa shape index (κ3) is 2.48. The molecule has 0 aromatic carbocycles. The number of nitrogens with one attached hydrogen (secondary N) is 1. The van der Waals surface area contributed by atoms with Gasteiger partial charge in [0.1, 0.15) is 0 Å². The van der Waals surface area contributed by atoms with E-state index in [0.29, 0.717) is 17.9 Å².